The Morgan fingerprint density at radius 1 is 1.39 bits per heavy atom. The van der Waals surface area contributed by atoms with Gasteiger partial charge in [-0.1, -0.05) is 0 Å². The molecule has 0 radical (unpaired) electrons. The fraction of sp³-hybridized carbons (Fsp3) is 0.400. The molecule has 0 saturated carbocycles. The van der Waals surface area contributed by atoms with Crippen LogP contribution < -0.4 is 10.2 Å². The van der Waals surface area contributed by atoms with Crippen molar-refractivity contribution in [3.8, 4) is 6.07 Å². The molecule has 2 aliphatic rings. The Hall–Kier alpha value is -2.97. The third-order valence-electron chi connectivity index (χ3n) is 5.37. The van der Waals surface area contributed by atoms with Gasteiger partial charge in [0, 0.05) is 23.0 Å². The molecule has 3 heterocycles. The van der Waals surface area contributed by atoms with Crippen LogP contribution >= 0.6 is 11.8 Å². The second kappa shape index (κ2) is 8.28. The van der Waals surface area contributed by atoms with E-state index in [4.69, 9.17) is 5.26 Å². The number of pyridine rings is 1. The van der Waals surface area contributed by atoms with E-state index in [9.17, 15) is 23.5 Å². The Kier molecular flexibility index (Phi) is 5.68. The number of benzene rings is 1. The number of anilines is 1. The lowest BCUT2D eigenvalue weighted by molar-refractivity contribution is -0.129. The summed E-state index contributed by atoms with van der Waals surface area (Å²) < 4.78 is 27.5. The summed E-state index contributed by atoms with van der Waals surface area (Å²) in [4.78, 5) is 32.1. The third kappa shape index (κ3) is 4.13. The van der Waals surface area contributed by atoms with Crippen LogP contribution in [0.4, 0.5) is 14.5 Å². The van der Waals surface area contributed by atoms with Crippen molar-refractivity contribution >= 4 is 40.2 Å². The minimum Gasteiger partial charge on any atom is -0.385 e. The number of aromatic nitrogens is 1. The van der Waals surface area contributed by atoms with Crippen LogP contribution in [0.2, 0.25) is 0 Å². The van der Waals surface area contributed by atoms with Crippen LogP contribution in [0.15, 0.2) is 30.5 Å². The maximum atomic E-state index is 13.7. The molecule has 1 aromatic heterocycles. The third-order valence-corrected chi connectivity index (χ3v) is 6.38. The highest BCUT2D eigenvalue weighted by Gasteiger charge is 2.47. The highest BCUT2D eigenvalue weighted by molar-refractivity contribution is 7.99. The lowest BCUT2D eigenvalue weighted by Gasteiger charge is -2.19. The van der Waals surface area contributed by atoms with Crippen molar-refractivity contribution < 1.29 is 23.5 Å². The van der Waals surface area contributed by atoms with Crippen LogP contribution in [-0.2, 0) is 4.79 Å². The number of thioether (sulfide) groups is 1. The first-order valence-corrected chi connectivity index (χ1v) is 10.7. The minimum absolute atomic E-state index is 0.220. The Balaban J connectivity index is 1.53. The van der Waals surface area contributed by atoms with E-state index in [1.54, 1.807) is 18.2 Å². The van der Waals surface area contributed by atoms with E-state index in [1.807, 2.05) is 0 Å². The molecule has 2 atom stereocenters. The zero-order valence-electron chi connectivity index (χ0n) is 16.3. The lowest BCUT2D eigenvalue weighted by Crippen LogP contribution is -2.42. The molecule has 2 N–H and O–H groups in total. The second-order valence-corrected chi connectivity index (χ2v) is 8.41. The quantitative estimate of drug-likeness (QED) is 0.725. The van der Waals surface area contributed by atoms with Crippen molar-refractivity contribution in [2.45, 2.75) is 18.1 Å². The maximum Gasteiger partial charge on any atom is 0.292 e. The normalized spacial score (nSPS) is 22.5. The van der Waals surface area contributed by atoms with Crippen LogP contribution in [-0.4, -0.2) is 76.1 Å². The van der Waals surface area contributed by atoms with E-state index in [-0.39, 0.29) is 24.6 Å². The number of β-amino-alcohol motifs (C(OH)–C–C–N with tert-alkyl or cyclic N) is 1. The zero-order valence-corrected chi connectivity index (χ0v) is 17.1. The van der Waals surface area contributed by atoms with Crippen LogP contribution in [0.5, 0.6) is 0 Å². The Labute approximate surface area is 180 Å². The molecular formula is C20H19F2N5O3S. The van der Waals surface area contributed by atoms with Crippen molar-refractivity contribution in [1.82, 2.24) is 15.2 Å². The molecule has 31 heavy (non-hydrogen) atoms. The van der Waals surface area contributed by atoms with Crippen molar-refractivity contribution in [3.05, 3.63) is 36.0 Å². The summed E-state index contributed by atoms with van der Waals surface area (Å²) in [5, 5.41) is 21.7. The smallest absolute Gasteiger partial charge is 0.292 e. The van der Waals surface area contributed by atoms with E-state index in [0.717, 1.165) is 0 Å². The number of aliphatic hydroxyl groups is 1. The lowest BCUT2D eigenvalue weighted by atomic mass is 10.1. The van der Waals surface area contributed by atoms with Crippen molar-refractivity contribution in [2.75, 3.05) is 36.2 Å². The summed E-state index contributed by atoms with van der Waals surface area (Å²) in [7, 11) is 0. The van der Waals surface area contributed by atoms with Gasteiger partial charge >= 0.3 is 0 Å². The van der Waals surface area contributed by atoms with E-state index in [2.05, 4.69) is 16.4 Å². The fourth-order valence-electron chi connectivity index (χ4n) is 3.64. The molecule has 2 aliphatic heterocycles. The van der Waals surface area contributed by atoms with Gasteiger partial charge in [0.05, 0.1) is 42.7 Å². The maximum absolute atomic E-state index is 13.7. The van der Waals surface area contributed by atoms with Crippen LogP contribution in [0.1, 0.15) is 10.4 Å². The summed E-state index contributed by atoms with van der Waals surface area (Å²) >= 11 is 1.48. The number of amides is 2. The van der Waals surface area contributed by atoms with E-state index < -0.39 is 30.5 Å². The molecule has 8 nitrogen and oxygen atoms in total. The number of carbonyl (C=O) groups is 2. The second-order valence-electron chi connectivity index (χ2n) is 7.41. The van der Waals surface area contributed by atoms with Gasteiger partial charge in [-0.15, -0.1) is 11.8 Å². The number of rotatable bonds is 4. The topological polar surface area (TPSA) is 110 Å². The van der Waals surface area contributed by atoms with Crippen LogP contribution in [0, 0.1) is 11.3 Å². The van der Waals surface area contributed by atoms with Gasteiger partial charge in [0.15, 0.2) is 0 Å². The predicted octanol–water partition coefficient (Wildman–Crippen LogP) is 1.21. The average Bonchev–Trinajstić information content (AvgIpc) is 3.34. The Morgan fingerprint density at radius 2 is 2.19 bits per heavy atom. The number of aliphatic hydroxyl groups excluding tert-OH is 1. The molecule has 2 amide bonds. The number of nitrogens with zero attached hydrogens (tertiary/aromatic N) is 4. The number of nitrogens with one attached hydrogen (secondary N) is 1. The number of halogens is 2. The molecule has 0 bridgehead atoms. The highest BCUT2D eigenvalue weighted by atomic mass is 32.2. The molecule has 0 spiro atoms. The van der Waals surface area contributed by atoms with Crippen LogP contribution in [0.25, 0.3) is 10.9 Å². The minimum atomic E-state index is -3.21. The Morgan fingerprint density at radius 3 is 2.90 bits per heavy atom. The monoisotopic (exact) mass is 447 g/mol. The summed E-state index contributed by atoms with van der Waals surface area (Å²) in [6.45, 7) is -1.10. The number of nitriles is 1. The summed E-state index contributed by atoms with van der Waals surface area (Å²) in [5.74, 6) is -3.12. The van der Waals surface area contributed by atoms with Gasteiger partial charge in [0.2, 0.25) is 5.91 Å². The molecule has 2 aromatic rings. The Bertz CT molecular complexity index is 1080. The summed E-state index contributed by atoms with van der Waals surface area (Å²) in [6.07, 6.45) is -0.304. The molecule has 0 unspecified atom stereocenters. The average molecular weight is 447 g/mol. The SMILES string of the molecule is N#C[C@@H]1CSCN1C(=O)CNC(=O)c1ccnc2ccc(N3C[C@H](O)C(F)(F)C3)cc12. The molecule has 0 aliphatic carbocycles. The molecule has 2 fully saturated rings. The number of hydrogen-bond acceptors (Lipinski definition) is 7. The molecule has 4 rings (SSSR count). The molecule has 11 heteroatoms. The first-order chi connectivity index (χ1) is 14.8. The van der Waals surface area contributed by atoms with Crippen molar-refractivity contribution in [3.63, 3.8) is 0 Å². The van der Waals surface area contributed by atoms with Gasteiger partial charge in [0.1, 0.15) is 12.1 Å². The molecule has 2 saturated heterocycles. The zero-order chi connectivity index (χ0) is 22.2. The predicted molar refractivity (Wildman–Crippen MR) is 111 cm³/mol. The van der Waals surface area contributed by atoms with Crippen molar-refractivity contribution in [2.24, 2.45) is 0 Å². The van der Waals surface area contributed by atoms with Gasteiger partial charge in [-0.05, 0) is 24.3 Å². The van der Waals surface area contributed by atoms with Gasteiger partial charge < -0.3 is 20.2 Å². The van der Waals surface area contributed by atoms with Crippen molar-refractivity contribution in [1.29, 1.82) is 5.26 Å². The number of hydrogen-bond donors (Lipinski definition) is 2. The van der Waals surface area contributed by atoms with Gasteiger partial charge in [-0.2, -0.15) is 5.26 Å². The first kappa shape index (κ1) is 21.3. The molecular weight excluding hydrogens is 428 g/mol. The number of alkyl halides is 2. The standard InChI is InChI=1S/C20H19F2N5O3S/c21-20(22)10-26(8-17(20)28)12-1-2-16-15(5-12)14(3-4-24-16)19(30)25-7-18(29)27-11-31-9-13(27)6-23/h1-5,13,17,28H,7-11H2,(H,25,30)/t13-,17+/m1/s1. The fourth-order valence-corrected chi connectivity index (χ4v) is 4.74. The van der Waals surface area contributed by atoms with E-state index >= 15 is 0 Å². The number of fused-ring (bicyclic) bond motifs is 1. The van der Waals surface area contributed by atoms with Gasteiger partial charge in [0.25, 0.3) is 11.8 Å². The summed E-state index contributed by atoms with van der Waals surface area (Å²) in [6, 6.07) is 7.86. The first-order valence-electron chi connectivity index (χ1n) is 9.55. The summed E-state index contributed by atoms with van der Waals surface area (Å²) in [5.41, 5.74) is 1.18. The van der Waals surface area contributed by atoms with Crippen LogP contribution in [0.3, 0.4) is 0 Å². The largest absolute Gasteiger partial charge is 0.385 e. The molecule has 162 valence electrons. The van der Waals surface area contributed by atoms with Gasteiger partial charge in [-0.25, -0.2) is 8.78 Å². The van der Waals surface area contributed by atoms with E-state index in [1.165, 1.54) is 33.8 Å². The molecule has 1 aromatic carbocycles. The number of carbonyl (C=O) groups excluding carboxylic acids is 2. The van der Waals surface area contributed by atoms with E-state index in [0.29, 0.717) is 28.2 Å². The highest BCUT2D eigenvalue weighted by Crippen LogP contribution is 2.33. The van der Waals surface area contributed by atoms with Gasteiger partial charge in [-0.3, -0.25) is 14.6 Å².